The summed E-state index contributed by atoms with van der Waals surface area (Å²) in [5, 5.41) is 3.00. The van der Waals surface area contributed by atoms with E-state index in [1.807, 2.05) is 0 Å². The van der Waals surface area contributed by atoms with E-state index in [1.54, 1.807) is 7.11 Å². The summed E-state index contributed by atoms with van der Waals surface area (Å²) < 4.78 is 4.95. The molecule has 2 atom stereocenters. The van der Waals surface area contributed by atoms with Crippen molar-refractivity contribution in [3.63, 3.8) is 0 Å². The van der Waals surface area contributed by atoms with Crippen LogP contribution in [-0.4, -0.2) is 32.7 Å². The van der Waals surface area contributed by atoms with Gasteiger partial charge >= 0.3 is 0 Å². The lowest BCUT2D eigenvalue weighted by molar-refractivity contribution is -0.125. The van der Waals surface area contributed by atoms with Gasteiger partial charge in [0.15, 0.2) is 0 Å². The molecule has 1 rings (SSSR count). The molecule has 0 aromatic heterocycles. The highest BCUT2D eigenvalue weighted by Crippen LogP contribution is 2.30. The third kappa shape index (κ3) is 4.10. The summed E-state index contributed by atoms with van der Waals surface area (Å²) in [5.41, 5.74) is 5.66. The van der Waals surface area contributed by atoms with E-state index in [0.29, 0.717) is 12.5 Å². The van der Waals surface area contributed by atoms with Crippen LogP contribution in [0.2, 0.25) is 0 Å². The summed E-state index contributed by atoms with van der Waals surface area (Å²) in [6.45, 7) is 2.17. The number of hydrogen-bond acceptors (Lipinski definition) is 3. The Balaban J connectivity index is 2.14. The normalized spacial score (nSPS) is 24.6. The highest BCUT2D eigenvalue weighted by atomic mass is 16.5. The van der Waals surface area contributed by atoms with Crippen LogP contribution in [0.15, 0.2) is 0 Å². The molecule has 4 heteroatoms. The molecule has 4 nitrogen and oxygen atoms in total. The van der Waals surface area contributed by atoms with Crippen molar-refractivity contribution in [2.75, 3.05) is 26.8 Å². The minimum absolute atomic E-state index is 0.160. The van der Waals surface area contributed by atoms with Gasteiger partial charge in [-0.3, -0.25) is 4.79 Å². The predicted molar refractivity (Wildman–Crippen MR) is 64.0 cm³/mol. The molecule has 0 heterocycles. The van der Waals surface area contributed by atoms with E-state index >= 15 is 0 Å². The van der Waals surface area contributed by atoms with Gasteiger partial charge in [0.2, 0.25) is 5.91 Å². The summed E-state index contributed by atoms with van der Waals surface area (Å²) >= 11 is 0. The van der Waals surface area contributed by atoms with E-state index < -0.39 is 0 Å². The molecule has 2 unspecified atom stereocenters. The van der Waals surface area contributed by atoms with Crippen LogP contribution in [0.25, 0.3) is 0 Å². The molecule has 0 spiro atoms. The van der Waals surface area contributed by atoms with Gasteiger partial charge in [-0.15, -0.1) is 0 Å². The summed E-state index contributed by atoms with van der Waals surface area (Å²) in [5.74, 6) is 0.761. The molecule has 1 aliphatic rings. The molecule has 1 fully saturated rings. The lowest BCUT2D eigenvalue weighted by Crippen LogP contribution is -2.35. The Bertz CT molecular complexity index is 209. The van der Waals surface area contributed by atoms with E-state index in [0.717, 1.165) is 45.3 Å². The number of hydrogen-bond donors (Lipinski definition) is 2. The van der Waals surface area contributed by atoms with Gasteiger partial charge in [0.05, 0.1) is 0 Å². The Morgan fingerprint density at radius 1 is 1.44 bits per heavy atom. The van der Waals surface area contributed by atoms with Crippen LogP contribution in [0.3, 0.4) is 0 Å². The van der Waals surface area contributed by atoms with Crippen molar-refractivity contribution in [1.29, 1.82) is 0 Å². The molecule has 94 valence electrons. The Morgan fingerprint density at radius 2 is 2.25 bits per heavy atom. The fourth-order valence-corrected chi connectivity index (χ4v) is 2.38. The van der Waals surface area contributed by atoms with Crippen LogP contribution in [0.5, 0.6) is 0 Å². The van der Waals surface area contributed by atoms with Gasteiger partial charge in [0.1, 0.15) is 0 Å². The summed E-state index contributed by atoms with van der Waals surface area (Å²) in [6.07, 6.45) is 5.25. The maximum atomic E-state index is 11.8. The van der Waals surface area contributed by atoms with Gasteiger partial charge in [0, 0.05) is 26.2 Å². The van der Waals surface area contributed by atoms with Crippen molar-refractivity contribution >= 4 is 5.91 Å². The van der Waals surface area contributed by atoms with Gasteiger partial charge in [0.25, 0.3) is 0 Å². The molecule has 0 aromatic rings. The van der Waals surface area contributed by atoms with Crippen molar-refractivity contribution in [1.82, 2.24) is 5.32 Å². The second-order valence-electron chi connectivity index (χ2n) is 4.52. The van der Waals surface area contributed by atoms with Gasteiger partial charge < -0.3 is 15.8 Å². The third-order valence-corrected chi connectivity index (χ3v) is 3.37. The molecule has 16 heavy (non-hydrogen) atoms. The Kier molecular flexibility index (Phi) is 6.42. The number of ether oxygens (including phenoxy) is 1. The number of rotatable bonds is 7. The second kappa shape index (κ2) is 7.63. The second-order valence-corrected chi connectivity index (χ2v) is 4.52. The van der Waals surface area contributed by atoms with Crippen molar-refractivity contribution in [3.05, 3.63) is 0 Å². The van der Waals surface area contributed by atoms with Crippen molar-refractivity contribution in [3.8, 4) is 0 Å². The highest BCUT2D eigenvalue weighted by Gasteiger charge is 2.31. The first kappa shape index (κ1) is 13.5. The number of carbonyl (C=O) groups is 1. The number of unbranched alkanes of at least 4 members (excludes halogenated alkanes) is 1. The Labute approximate surface area is 97.9 Å². The monoisotopic (exact) mass is 228 g/mol. The number of carbonyl (C=O) groups excluding carboxylic acids is 1. The first-order valence-corrected chi connectivity index (χ1v) is 6.26. The number of amides is 1. The molecular formula is C12H24N2O2. The van der Waals surface area contributed by atoms with Gasteiger partial charge in [-0.05, 0) is 38.1 Å². The van der Waals surface area contributed by atoms with Crippen LogP contribution in [0.4, 0.5) is 0 Å². The van der Waals surface area contributed by atoms with Gasteiger partial charge in [-0.2, -0.15) is 0 Å². The SMILES string of the molecule is COCCCCNC(=O)C1CCCC1CN. The molecule has 0 aliphatic heterocycles. The summed E-state index contributed by atoms with van der Waals surface area (Å²) in [7, 11) is 1.70. The zero-order chi connectivity index (χ0) is 11.8. The van der Waals surface area contributed by atoms with Crippen molar-refractivity contribution in [2.45, 2.75) is 32.1 Å². The first-order valence-electron chi connectivity index (χ1n) is 6.26. The standard InChI is InChI=1S/C12H24N2O2/c1-16-8-3-2-7-14-12(15)11-6-4-5-10(11)9-13/h10-11H,2-9,13H2,1H3,(H,14,15). The topological polar surface area (TPSA) is 64.3 Å². The highest BCUT2D eigenvalue weighted by molar-refractivity contribution is 5.79. The van der Waals surface area contributed by atoms with E-state index in [9.17, 15) is 4.79 Å². The van der Waals surface area contributed by atoms with E-state index in [-0.39, 0.29) is 11.8 Å². The Morgan fingerprint density at radius 3 is 2.94 bits per heavy atom. The predicted octanol–water partition coefficient (Wildman–Crippen LogP) is 0.904. The van der Waals surface area contributed by atoms with Crippen molar-refractivity contribution < 1.29 is 9.53 Å². The average Bonchev–Trinajstić information content (AvgIpc) is 2.76. The zero-order valence-corrected chi connectivity index (χ0v) is 10.2. The maximum Gasteiger partial charge on any atom is 0.223 e. The lowest BCUT2D eigenvalue weighted by atomic mass is 9.95. The van der Waals surface area contributed by atoms with E-state index in [1.165, 1.54) is 0 Å². The van der Waals surface area contributed by atoms with Gasteiger partial charge in [-0.25, -0.2) is 0 Å². The third-order valence-electron chi connectivity index (χ3n) is 3.37. The molecule has 0 aromatic carbocycles. The smallest absolute Gasteiger partial charge is 0.223 e. The fraction of sp³-hybridized carbons (Fsp3) is 0.917. The summed E-state index contributed by atoms with van der Waals surface area (Å²) in [6, 6.07) is 0. The van der Waals surface area contributed by atoms with Crippen LogP contribution >= 0.6 is 0 Å². The minimum Gasteiger partial charge on any atom is -0.385 e. The molecule has 1 saturated carbocycles. The quantitative estimate of drug-likeness (QED) is 0.636. The molecule has 0 radical (unpaired) electrons. The lowest BCUT2D eigenvalue weighted by Gasteiger charge is -2.17. The molecule has 0 bridgehead atoms. The largest absolute Gasteiger partial charge is 0.385 e. The molecule has 0 saturated heterocycles. The van der Waals surface area contributed by atoms with Gasteiger partial charge in [-0.1, -0.05) is 6.42 Å². The van der Waals surface area contributed by atoms with Crippen LogP contribution in [0, 0.1) is 11.8 Å². The van der Waals surface area contributed by atoms with Crippen LogP contribution in [0.1, 0.15) is 32.1 Å². The molecular weight excluding hydrogens is 204 g/mol. The number of nitrogens with one attached hydrogen (secondary N) is 1. The van der Waals surface area contributed by atoms with Crippen LogP contribution in [-0.2, 0) is 9.53 Å². The van der Waals surface area contributed by atoms with Crippen molar-refractivity contribution in [2.24, 2.45) is 17.6 Å². The molecule has 3 N–H and O–H groups in total. The first-order chi connectivity index (χ1) is 7.79. The maximum absolute atomic E-state index is 11.8. The van der Waals surface area contributed by atoms with E-state index in [2.05, 4.69) is 5.32 Å². The zero-order valence-electron chi connectivity index (χ0n) is 10.2. The van der Waals surface area contributed by atoms with E-state index in [4.69, 9.17) is 10.5 Å². The number of nitrogens with two attached hydrogens (primary N) is 1. The molecule has 1 amide bonds. The number of methoxy groups -OCH3 is 1. The fourth-order valence-electron chi connectivity index (χ4n) is 2.38. The minimum atomic E-state index is 0.160. The summed E-state index contributed by atoms with van der Waals surface area (Å²) in [4.78, 5) is 11.8. The Hall–Kier alpha value is -0.610. The molecule has 1 aliphatic carbocycles. The van der Waals surface area contributed by atoms with Crippen LogP contribution < -0.4 is 11.1 Å². The average molecular weight is 228 g/mol.